The summed E-state index contributed by atoms with van der Waals surface area (Å²) in [5.74, 6) is 1.51. The summed E-state index contributed by atoms with van der Waals surface area (Å²) in [6.45, 7) is 4.30. The van der Waals surface area contributed by atoms with Crippen LogP contribution in [0.15, 0.2) is 54.5 Å². The van der Waals surface area contributed by atoms with Gasteiger partial charge in [-0.25, -0.2) is 9.97 Å². The van der Waals surface area contributed by atoms with Gasteiger partial charge in [-0.2, -0.15) is 0 Å². The van der Waals surface area contributed by atoms with E-state index in [1.807, 2.05) is 24.3 Å². The number of hydrogen-bond donors (Lipinski definition) is 0. The molecule has 0 fully saturated rings. The Labute approximate surface area is 128 Å². The normalized spacial score (nSPS) is 10.2. The Bertz CT molecular complexity index is 563. The van der Waals surface area contributed by atoms with Crippen LogP contribution in [0, 0.1) is 0 Å². The van der Waals surface area contributed by atoms with E-state index in [-0.39, 0.29) is 0 Å². The minimum atomic E-state index is 0.552. The van der Waals surface area contributed by atoms with Crippen molar-refractivity contribution in [2.75, 3.05) is 12.4 Å². The van der Waals surface area contributed by atoms with Crippen molar-refractivity contribution in [2.45, 2.75) is 11.6 Å². The van der Waals surface area contributed by atoms with Crippen LogP contribution in [-0.2, 0) is 6.42 Å². The van der Waals surface area contributed by atoms with Crippen LogP contribution in [0.3, 0.4) is 0 Å². The minimum Gasteiger partial charge on any atom is -0.491 e. The number of nitrogens with zero attached hydrogens (tertiary/aromatic N) is 2. The third-order valence-corrected chi connectivity index (χ3v) is 3.65. The first-order chi connectivity index (χ1) is 9.81. The van der Waals surface area contributed by atoms with Crippen molar-refractivity contribution in [1.82, 2.24) is 9.97 Å². The van der Waals surface area contributed by atoms with Crippen LogP contribution < -0.4 is 4.74 Å². The zero-order valence-corrected chi connectivity index (χ0v) is 12.5. The third kappa shape index (κ3) is 4.25. The van der Waals surface area contributed by atoms with E-state index < -0.39 is 0 Å². The standard InChI is InChI=1S/C15H15ClN2OS/c1-2-5-12-6-3-7-13(16)14(12)19-10-11-20-15-17-8-4-9-18-15/h2-4,6-9H,1,5,10-11H2. The SMILES string of the molecule is C=CCc1cccc(Cl)c1OCCSc1ncccn1. The molecule has 2 rings (SSSR count). The summed E-state index contributed by atoms with van der Waals surface area (Å²) in [5, 5.41) is 1.38. The second-order valence-corrected chi connectivity index (χ2v) is 5.42. The molecule has 0 amide bonds. The molecule has 0 atom stereocenters. The number of ether oxygens (including phenoxy) is 1. The van der Waals surface area contributed by atoms with Crippen molar-refractivity contribution in [3.63, 3.8) is 0 Å². The van der Waals surface area contributed by atoms with Gasteiger partial charge in [0.25, 0.3) is 0 Å². The number of benzene rings is 1. The van der Waals surface area contributed by atoms with Crippen LogP contribution in [0.4, 0.5) is 0 Å². The van der Waals surface area contributed by atoms with E-state index >= 15 is 0 Å². The Morgan fingerprint density at radius 2 is 2.05 bits per heavy atom. The van der Waals surface area contributed by atoms with E-state index in [1.165, 1.54) is 0 Å². The molecule has 2 aromatic rings. The van der Waals surface area contributed by atoms with Gasteiger partial charge in [-0.05, 0) is 24.1 Å². The Kier molecular flexibility index (Phi) is 5.89. The molecule has 0 saturated carbocycles. The zero-order chi connectivity index (χ0) is 14.2. The Hall–Kier alpha value is -1.52. The van der Waals surface area contributed by atoms with Gasteiger partial charge in [0.2, 0.25) is 0 Å². The first-order valence-corrected chi connectivity index (χ1v) is 7.58. The molecule has 104 valence electrons. The molecule has 1 aromatic carbocycles. The predicted molar refractivity (Wildman–Crippen MR) is 83.6 cm³/mol. The third-order valence-electron chi connectivity index (χ3n) is 2.52. The highest BCUT2D eigenvalue weighted by Crippen LogP contribution is 2.29. The molecule has 0 aliphatic rings. The van der Waals surface area contributed by atoms with Crippen molar-refractivity contribution in [3.05, 3.63) is 59.9 Å². The molecule has 0 radical (unpaired) electrons. The summed E-state index contributed by atoms with van der Waals surface area (Å²) in [6, 6.07) is 7.54. The van der Waals surface area contributed by atoms with Crippen molar-refractivity contribution < 1.29 is 4.74 Å². The van der Waals surface area contributed by atoms with Gasteiger partial charge in [0.15, 0.2) is 5.16 Å². The molecular weight excluding hydrogens is 292 g/mol. The molecule has 1 aromatic heterocycles. The van der Waals surface area contributed by atoms with Crippen LogP contribution in [0.25, 0.3) is 0 Å². The van der Waals surface area contributed by atoms with Crippen molar-refractivity contribution >= 4 is 23.4 Å². The van der Waals surface area contributed by atoms with E-state index in [0.29, 0.717) is 11.6 Å². The molecule has 1 heterocycles. The lowest BCUT2D eigenvalue weighted by Gasteiger charge is -2.11. The average Bonchev–Trinajstić information content (AvgIpc) is 2.47. The maximum absolute atomic E-state index is 6.17. The number of halogens is 1. The van der Waals surface area contributed by atoms with Gasteiger partial charge in [-0.15, -0.1) is 6.58 Å². The lowest BCUT2D eigenvalue weighted by atomic mass is 10.1. The Morgan fingerprint density at radius 1 is 1.25 bits per heavy atom. The van der Waals surface area contributed by atoms with Crippen molar-refractivity contribution in [1.29, 1.82) is 0 Å². The minimum absolute atomic E-state index is 0.552. The lowest BCUT2D eigenvalue weighted by Crippen LogP contribution is -2.03. The number of rotatable bonds is 7. The fourth-order valence-corrected chi connectivity index (χ4v) is 2.54. The van der Waals surface area contributed by atoms with Gasteiger partial charge >= 0.3 is 0 Å². The predicted octanol–water partition coefficient (Wildman–Crippen LogP) is 4.03. The topological polar surface area (TPSA) is 35.0 Å². The van der Waals surface area contributed by atoms with Gasteiger partial charge in [-0.3, -0.25) is 0 Å². The average molecular weight is 307 g/mol. The summed E-state index contributed by atoms with van der Waals surface area (Å²) in [5.41, 5.74) is 1.05. The summed E-state index contributed by atoms with van der Waals surface area (Å²) in [6.07, 6.45) is 6.04. The smallest absolute Gasteiger partial charge is 0.187 e. The molecule has 20 heavy (non-hydrogen) atoms. The summed E-state index contributed by atoms with van der Waals surface area (Å²) >= 11 is 7.72. The van der Waals surface area contributed by atoms with E-state index in [4.69, 9.17) is 16.3 Å². The number of aromatic nitrogens is 2. The lowest BCUT2D eigenvalue weighted by molar-refractivity contribution is 0.341. The van der Waals surface area contributed by atoms with Crippen molar-refractivity contribution in [2.24, 2.45) is 0 Å². The maximum atomic E-state index is 6.17. The highest BCUT2D eigenvalue weighted by Gasteiger charge is 2.07. The largest absolute Gasteiger partial charge is 0.491 e. The summed E-state index contributed by atoms with van der Waals surface area (Å²) < 4.78 is 5.79. The molecule has 0 aliphatic carbocycles. The maximum Gasteiger partial charge on any atom is 0.187 e. The fraction of sp³-hybridized carbons (Fsp3) is 0.200. The van der Waals surface area contributed by atoms with Gasteiger partial charge in [0.1, 0.15) is 5.75 Å². The second kappa shape index (κ2) is 7.92. The van der Waals surface area contributed by atoms with Crippen LogP contribution in [0.2, 0.25) is 5.02 Å². The van der Waals surface area contributed by atoms with Gasteiger partial charge in [0.05, 0.1) is 11.6 Å². The van der Waals surface area contributed by atoms with Gasteiger partial charge in [-0.1, -0.05) is 41.6 Å². The van der Waals surface area contributed by atoms with E-state index in [9.17, 15) is 0 Å². The summed E-state index contributed by atoms with van der Waals surface area (Å²) in [4.78, 5) is 8.29. The van der Waals surface area contributed by atoms with Gasteiger partial charge < -0.3 is 4.74 Å². The zero-order valence-electron chi connectivity index (χ0n) is 11.0. The number of para-hydroxylation sites is 1. The second-order valence-electron chi connectivity index (χ2n) is 3.95. The summed E-state index contributed by atoms with van der Waals surface area (Å²) in [7, 11) is 0. The van der Waals surface area contributed by atoms with Crippen molar-refractivity contribution in [3.8, 4) is 5.75 Å². The number of hydrogen-bond acceptors (Lipinski definition) is 4. The molecule has 0 spiro atoms. The van der Waals surface area contributed by atoms with E-state index in [0.717, 1.165) is 28.6 Å². The van der Waals surface area contributed by atoms with Crippen LogP contribution in [-0.4, -0.2) is 22.3 Å². The molecule has 0 saturated heterocycles. The molecule has 5 heteroatoms. The van der Waals surface area contributed by atoms with Gasteiger partial charge in [0, 0.05) is 18.1 Å². The molecule has 0 bridgehead atoms. The molecule has 0 aliphatic heterocycles. The first kappa shape index (κ1) is 14.9. The van der Waals surface area contributed by atoms with E-state index in [2.05, 4.69) is 16.5 Å². The quantitative estimate of drug-likeness (QED) is 0.335. The highest BCUT2D eigenvalue weighted by atomic mass is 35.5. The Balaban J connectivity index is 1.89. The molecule has 0 unspecified atom stereocenters. The first-order valence-electron chi connectivity index (χ1n) is 6.22. The van der Waals surface area contributed by atoms with E-state index in [1.54, 1.807) is 30.2 Å². The monoisotopic (exact) mass is 306 g/mol. The Morgan fingerprint density at radius 3 is 2.80 bits per heavy atom. The molecule has 0 N–H and O–H groups in total. The highest BCUT2D eigenvalue weighted by molar-refractivity contribution is 7.99. The van der Waals surface area contributed by atoms with Crippen LogP contribution >= 0.6 is 23.4 Å². The number of allylic oxidation sites excluding steroid dienone is 1. The van der Waals surface area contributed by atoms with Crippen LogP contribution in [0.1, 0.15) is 5.56 Å². The van der Waals surface area contributed by atoms with Crippen LogP contribution in [0.5, 0.6) is 5.75 Å². The molecular formula is C15H15ClN2OS. The molecule has 3 nitrogen and oxygen atoms in total. The number of thioether (sulfide) groups is 1. The fourth-order valence-electron chi connectivity index (χ4n) is 1.67.